The number of imide groups is 1. The first-order chi connectivity index (χ1) is 17.0. The van der Waals surface area contributed by atoms with Crippen molar-refractivity contribution in [2.24, 2.45) is 16.9 Å². The number of para-hydroxylation sites is 1. The highest BCUT2D eigenvalue weighted by Gasteiger charge is 2.65. The van der Waals surface area contributed by atoms with E-state index in [9.17, 15) is 18.8 Å². The van der Waals surface area contributed by atoms with E-state index in [1.807, 2.05) is 24.3 Å². The van der Waals surface area contributed by atoms with Gasteiger partial charge in [0.05, 0.1) is 36.9 Å². The van der Waals surface area contributed by atoms with Crippen LogP contribution in [0.25, 0.3) is 0 Å². The third-order valence-corrected chi connectivity index (χ3v) is 7.03. The molecule has 0 spiro atoms. The maximum absolute atomic E-state index is 14.7. The van der Waals surface area contributed by atoms with Crippen molar-refractivity contribution in [3.63, 3.8) is 0 Å². The summed E-state index contributed by atoms with van der Waals surface area (Å²) in [6, 6.07) is 18.1. The second-order valence-corrected chi connectivity index (χ2v) is 8.75. The summed E-state index contributed by atoms with van der Waals surface area (Å²) in [5.74, 6) is -3.44. The molecule has 3 aromatic rings. The molecule has 0 bridgehead atoms. The van der Waals surface area contributed by atoms with Crippen LogP contribution < -0.4 is 9.64 Å². The predicted molar refractivity (Wildman–Crippen MR) is 126 cm³/mol. The van der Waals surface area contributed by atoms with Gasteiger partial charge in [-0.15, -0.1) is 0 Å². The Kier molecular flexibility index (Phi) is 4.77. The number of anilines is 1. The number of amides is 2. The molecule has 0 saturated carbocycles. The van der Waals surface area contributed by atoms with E-state index in [-0.39, 0.29) is 11.5 Å². The van der Waals surface area contributed by atoms with Gasteiger partial charge in [-0.2, -0.15) is 5.10 Å². The van der Waals surface area contributed by atoms with E-state index in [1.165, 1.54) is 25.3 Å². The molecule has 2 amide bonds. The number of carbonyl (C=O) groups excluding carboxylic acids is 3. The van der Waals surface area contributed by atoms with Gasteiger partial charge in [-0.1, -0.05) is 36.4 Å². The highest BCUT2D eigenvalue weighted by molar-refractivity contribution is 6.24. The number of hydrazone groups is 1. The first-order valence-electron chi connectivity index (χ1n) is 11.2. The van der Waals surface area contributed by atoms with Gasteiger partial charge in [0.15, 0.2) is 5.78 Å². The minimum absolute atomic E-state index is 0.105. The number of nitrogens with zero attached hydrogens (tertiary/aromatic N) is 3. The first kappa shape index (κ1) is 21.2. The Hall–Kier alpha value is -4.33. The summed E-state index contributed by atoms with van der Waals surface area (Å²) in [4.78, 5) is 42.2. The monoisotopic (exact) mass is 469 g/mol. The molecular weight excluding hydrogens is 449 g/mol. The largest absolute Gasteiger partial charge is 0.497 e. The minimum atomic E-state index is -1.02. The van der Waals surface area contributed by atoms with E-state index in [1.54, 1.807) is 41.6 Å². The lowest BCUT2D eigenvalue weighted by molar-refractivity contribution is -0.124. The van der Waals surface area contributed by atoms with Gasteiger partial charge < -0.3 is 4.74 Å². The summed E-state index contributed by atoms with van der Waals surface area (Å²) in [7, 11) is 1.53. The molecule has 174 valence electrons. The van der Waals surface area contributed by atoms with Crippen molar-refractivity contribution in [3.8, 4) is 5.75 Å². The molecule has 0 aromatic heterocycles. The molecule has 0 radical (unpaired) electrons. The number of hydrogen-bond acceptors (Lipinski definition) is 6. The predicted octanol–water partition coefficient (Wildman–Crippen LogP) is 3.60. The number of ketones is 1. The summed E-state index contributed by atoms with van der Waals surface area (Å²) in [6.45, 7) is 0. The van der Waals surface area contributed by atoms with Crippen LogP contribution in [0, 0.1) is 17.7 Å². The lowest BCUT2D eigenvalue weighted by Crippen LogP contribution is -2.44. The van der Waals surface area contributed by atoms with Crippen molar-refractivity contribution in [1.82, 2.24) is 5.01 Å². The van der Waals surface area contributed by atoms with Crippen LogP contribution in [0.1, 0.15) is 27.5 Å². The van der Waals surface area contributed by atoms with Gasteiger partial charge in [0, 0.05) is 5.56 Å². The van der Waals surface area contributed by atoms with Crippen molar-refractivity contribution in [1.29, 1.82) is 0 Å². The number of hydrogen-bond donors (Lipinski definition) is 0. The Balaban J connectivity index is 1.49. The molecule has 1 unspecified atom stereocenters. The number of fused-ring (bicyclic) bond motifs is 5. The molecule has 7 nitrogen and oxygen atoms in total. The van der Waals surface area contributed by atoms with Gasteiger partial charge in [0.25, 0.3) is 0 Å². The normalized spacial score (nSPS) is 24.3. The summed E-state index contributed by atoms with van der Waals surface area (Å²) in [5, 5.41) is 6.11. The van der Waals surface area contributed by atoms with E-state index in [4.69, 9.17) is 4.74 Å². The number of Topliss-reactive ketones (excluding diaryl/α,β-unsaturated/α-hetero) is 1. The maximum atomic E-state index is 14.7. The summed E-state index contributed by atoms with van der Waals surface area (Å²) < 4.78 is 19.9. The van der Waals surface area contributed by atoms with Crippen molar-refractivity contribution in [2.45, 2.75) is 12.1 Å². The Morgan fingerprint density at radius 2 is 1.60 bits per heavy atom. The van der Waals surface area contributed by atoms with Gasteiger partial charge >= 0.3 is 0 Å². The number of ether oxygens (including phenoxy) is 1. The fraction of sp³-hybridized carbons (Fsp3) is 0.185. The van der Waals surface area contributed by atoms with Crippen molar-refractivity contribution in [3.05, 3.63) is 95.3 Å². The van der Waals surface area contributed by atoms with Crippen molar-refractivity contribution in [2.75, 3.05) is 12.0 Å². The molecule has 3 aliphatic heterocycles. The molecule has 2 saturated heterocycles. The van der Waals surface area contributed by atoms with E-state index in [2.05, 4.69) is 5.10 Å². The Labute approximate surface area is 200 Å². The zero-order valence-electron chi connectivity index (χ0n) is 18.7. The van der Waals surface area contributed by atoms with Crippen LogP contribution in [0.2, 0.25) is 0 Å². The smallest absolute Gasteiger partial charge is 0.240 e. The highest BCUT2D eigenvalue weighted by atomic mass is 19.1. The Morgan fingerprint density at radius 1 is 0.914 bits per heavy atom. The number of halogens is 1. The summed E-state index contributed by atoms with van der Waals surface area (Å²) >= 11 is 0. The van der Waals surface area contributed by atoms with Crippen molar-refractivity contribution >= 4 is 29.5 Å². The van der Waals surface area contributed by atoms with Crippen LogP contribution in [-0.4, -0.2) is 42.0 Å². The lowest BCUT2D eigenvalue weighted by Gasteiger charge is -2.33. The maximum Gasteiger partial charge on any atom is 0.240 e. The van der Waals surface area contributed by atoms with Gasteiger partial charge in [-0.25, -0.2) is 9.29 Å². The van der Waals surface area contributed by atoms with Crippen LogP contribution in [-0.2, 0) is 9.59 Å². The average molecular weight is 469 g/mol. The number of carbonyl (C=O) groups is 3. The van der Waals surface area contributed by atoms with Gasteiger partial charge in [-0.3, -0.25) is 19.4 Å². The third-order valence-electron chi connectivity index (χ3n) is 7.03. The van der Waals surface area contributed by atoms with Gasteiger partial charge in [0.2, 0.25) is 11.8 Å². The van der Waals surface area contributed by atoms with Crippen LogP contribution in [0.3, 0.4) is 0 Å². The molecule has 35 heavy (non-hydrogen) atoms. The number of methoxy groups -OCH3 is 1. The SMILES string of the molecule is COc1ccc(C(=O)[C@H]2[C@H]3C(=O)N(c4ccccc4F)C(=O)[C@H]3C3c4ccccc4C=NN32)cc1. The standard InChI is InChI=1S/C27H20FN3O4/c1-35-17-12-10-15(11-13-17)25(32)24-22-21(23-18-7-3-2-6-16(18)14-29-31(23)24)26(33)30(27(22)34)20-9-5-4-8-19(20)28/h2-14,21-24H,1H3/t21-,22+,23?,24-/m1/s1. The molecule has 4 atom stereocenters. The second kappa shape index (κ2) is 7.87. The van der Waals surface area contributed by atoms with E-state index < -0.39 is 41.6 Å². The van der Waals surface area contributed by atoms with Crippen LogP contribution in [0.4, 0.5) is 10.1 Å². The summed E-state index contributed by atoms with van der Waals surface area (Å²) in [6.07, 6.45) is 1.64. The molecule has 2 fully saturated rings. The van der Waals surface area contributed by atoms with Crippen LogP contribution in [0.15, 0.2) is 77.9 Å². The van der Waals surface area contributed by atoms with Gasteiger partial charge in [-0.05, 0) is 47.5 Å². The number of rotatable bonds is 4. The number of benzene rings is 3. The molecule has 3 aliphatic rings. The third kappa shape index (κ3) is 3.02. The van der Waals surface area contributed by atoms with Crippen LogP contribution >= 0.6 is 0 Å². The molecular formula is C27H20FN3O4. The molecule has 8 heteroatoms. The topological polar surface area (TPSA) is 79.3 Å². The Bertz CT molecular complexity index is 1400. The zero-order valence-corrected chi connectivity index (χ0v) is 18.7. The molecule has 0 N–H and O–H groups in total. The summed E-state index contributed by atoms with van der Waals surface area (Å²) in [5.41, 5.74) is 1.88. The molecule has 6 rings (SSSR count). The van der Waals surface area contributed by atoms with Gasteiger partial charge in [0.1, 0.15) is 17.6 Å². The van der Waals surface area contributed by atoms with Crippen LogP contribution in [0.5, 0.6) is 5.75 Å². The highest BCUT2D eigenvalue weighted by Crippen LogP contribution is 2.53. The first-order valence-corrected chi connectivity index (χ1v) is 11.2. The fourth-order valence-electron chi connectivity index (χ4n) is 5.47. The second-order valence-electron chi connectivity index (χ2n) is 8.75. The quantitative estimate of drug-likeness (QED) is 0.431. The molecule has 3 aromatic carbocycles. The van der Waals surface area contributed by atoms with E-state index >= 15 is 0 Å². The van der Waals surface area contributed by atoms with Crippen molar-refractivity contribution < 1.29 is 23.5 Å². The average Bonchev–Trinajstić information content (AvgIpc) is 3.36. The fourth-order valence-corrected chi connectivity index (χ4v) is 5.47. The van der Waals surface area contributed by atoms with E-state index in [0.717, 1.165) is 16.0 Å². The zero-order chi connectivity index (χ0) is 24.3. The Morgan fingerprint density at radius 3 is 2.34 bits per heavy atom. The minimum Gasteiger partial charge on any atom is -0.497 e. The molecule has 0 aliphatic carbocycles. The lowest BCUT2D eigenvalue weighted by atomic mass is 9.83. The molecule has 3 heterocycles. The van der Waals surface area contributed by atoms with E-state index in [0.29, 0.717) is 11.3 Å².